The predicted octanol–water partition coefficient (Wildman–Crippen LogP) is -1.53. The maximum Gasteiger partial charge on any atom is 0 e. The summed E-state index contributed by atoms with van der Waals surface area (Å²) in [4.78, 5) is 0. The van der Waals surface area contributed by atoms with E-state index in [1.807, 2.05) is 0 Å². The van der Waals surface area contributed by atoms with Gasteiger partial charge in [-0.2, -0.15) is 0 Å². The summed E-state index contributed by atoms with van der Waals surface area (Å²) in [5.41, 5.74) is 0. The van der Waals surface area contributed by atoms with Crippen molar-refractivity contribution in [2.45, 2.75) is 0 Å². The fourth-order valence-corrected chi connectivity index (χ4v) is 0. The van der Waals surface area contributed by atoms with Crippen LogP contribution in [0.4, 0.5) is 0 Å². The Morgan fingerprint density at radius 2 is 0.400 bits per heavy atom. The smallest absolute Gasteiger partial charge is 0 e. The van der Waals surface area contributed by atoms with Crippen LogP contribution in [0.5, 0.6) is 0 Å². The Bertz CT molecular complexity index is 3.61. The van der Waals surface area contributed by atoms with E-state index in [1.54, 1.807) is 0 Å². The SMILES string of the molecule is [B].[B].[B].[B].[Zn]. The summed E-state index contributed by atoms with van der Waals surface area (Å²) in [5, 5.41) is 0. The Balaban J connectivity index is 0. The number of rotatable bonds is 0. The first-order chi connectivity index (χ1) is 0. The van der Waals surface area contributed by atoms with Gasteiger partial charge in [0.2, 0.25) is 0 Å². The van der Waals surface area contributed by atoms with Gasteiger partial charge in [0.25, 0.3) is 0 Å². The zero-order valence-corrected chi connectivity index (χ0v) is 5.98. The van der Waals surface area contributed by atoms with Gasteiger partial charge in [0.05, 0.1) is 0 Å². The summed E-state index contributed by atoms with van der Waals surface area (Å²) in [6.45, 7) is 0. The largest absolute Gasteiger partial charge is 0 e. The van der Waals surface area contributed by atoms with Gasteiger partial charge in [0, 0.05) is 53.1 Å². The van der Waals surface area contributed by atoms with E-state index in [-0.39, 0.29) is 53.1 Å². The predicted molar refractivity (Wildman–Crippen MR) is 23.0 cm³/mol. The quantitative estimate of drug-likeness (QED) is 0.331. The molecule has 0 fully saturated rings. The molecule has 0 atom stereocenters. The van der Waals surface area contributed by atoms with Crippen molar-refractivity contribution in [1.82, 2.24) is 0 Å². The molecule has 0 amide bonds. The molecule has 0 saturated heterocycles. The number of hydrogen-bond donors (Lipinski definition) is 0. The van der Waals surface area contributed by atoms with Gasteiger partial charge in [-0.15, -0.1) is 0 Å². The second-order valence-electron chi connectivity index (χ2n) is 0. The summed E-state index contributed by atoms with van der Waals surface area (Å²) in [7, 11) is 0. The van der Waals surface area contributed by atoms with E-state index in [0.29, 0.717) is 0 Å². The van der Waals surface area contributed by atoms with Crippen LogP contribution in [0.25, 0.3) is 0 Å². The molecule has 0 unspecified atom stereocenters. The normalized spacial score (nSPS) is 0. The van der Waals surface area contributed by atoms with Gasteiger partial charge in [-0.25, -0.2) is 0 Å². The van der Waals surface area contributed by atoms with Crippen LogP contribution in [-0.2, 0) is 19.5 Å². The molecule has 0 heterocycles. The van der Waals surface area contributed by atoms with E-state index >= 15 is 0 Å². The molecule has 0 bridgehead atoms. The third-order valence-electron chi connectivity index (χ3n) is 0. The average molecular weight is 109 g/mol. The average Bonchev–Trinajstić information content (AvgIpc) is 0. The van der Waals surface area contributed by atoms with Crippen LogP contribution in [0.1, 0.15) is 0 Å². The van der Waals surface area contributed by atoms with Crippen LogP contribution in [-0.4, -0.2) is 33.7 Å². The van der Waals surface area contributed by atoms with E-state index in [2.05, 4.69) is 0 Å². The zero-order valence-electron chi connectivity index (χ0n) is 3.02. The number of hydrogen-bond acceptors (Lipinski definition) is 0. The molecule has 0 N–H and O–H groups in total. The molecule has 5 heteroatoms. The second-order valence-corrected chi connectivity index (χ2v) is 0. The Hall–Kier alpha value is 0.883. The molecule has 12 radical (unpaired) electrons. The van der Waals surface area contributed by atoms with Crippen molar-refractivity contribution in [2.24, 2.45) is 0 Å². The van der Waals surface area contributed by atoms with Crippen molar-refractivity contribution in [3.63, 3.8) is 0 Å². The van der Waals surface area contributed by atoms with Crippen LogP contribution in [0.3, 0.4) is 0 Å². The van der Waals surface area contributed by atoms with E-state index in [0.717, 1.165) is 0 Å². The van der Waals surface area contributed by atoms with E-state index in [1.165, 1.54) is 0 Å². The van der Waals surface area contributed by atoms with Crippen molar-refractivity contribution in [2.75, 3.05) is 0 Å². The van der Waals surface area contributed by atoms with Gasteiger partial charge < -0.3 is 0 Å². The fraction of sp³-hybridized carbons (Fsp3) is 0. The molecule has 0 rings (SSSR count). The molecule has 0 aromatic carbocycles. The molecule has 0 aliphatic rings. The molecule has 14 valence electrons. The maximum atomic E-state index is 0. The van der Waals surface area contributed by atoms with Crippen molar-refractivity contribution >= 4 is 33.7 Å². The molecule has 0 spiro atoms. The summed E-state index contributed by atoms with van der Waals surface area (Å²) in [6.07, 6.45) is 0. The standard InChI is InChI=1S/4B.Zn. The van der Waals surface area contributed by atoms with Crippen molar-refractivity contribution in [1.29, 1.82) is 0 Å². The van der Waals surface area contributed by atoms with Crippen molar-refractivity contribution in [3.8, 4) is 0 Å². The Morgan fingerprint density at radius 1 is 0.400 bits per heavy atom. The summed E-state index contributed by atoms with van der Waals surface area (Å²) < 4.78 is 0. The first kappa shape index (κ1) is 180. The Morgan fingerprint density at radius 3 is 0.400 bits per heavy atom. The van der Waals surface area contributed by atoms with Crippen molar-refractivity contribution in [3.05, 3.63) is 0 Å². The molecule has 0 saturated carbocycles. The molecule has 0 nitrogen and oxygen atoms in total. The van der Waals surface area contributed by atoms with Gasteiger partial charge >= 0.3 is 0 Å². The molecule has 0 aliphatic heterocycles. The third kappa shape index (κ3) is 52.0. The van der Waals surface area contributed by atoms with Crippen LogP contribution in [0, 0.1) is 0 Å². The summed E-state index contributed by atoms with van der Waals surface area (Å²) in [6, 6.07) is 0. The molecule has 0 aliphatic carbocycles. The topological polar surface area (TPSA) is 0 Å². The minimum absolute atomic E-state index is 0. The van der Waals surface area contributed by atoms with E-state index < -0.39 is 0 Å². The van der Waals surface area contributed by atoms with Gasteiger partial charge in [-0.1, -0.05) is 0 Å². The van der Waals surface area contributed by atoms with E-state index in [4.69, 9.17) is 0 Å². The second kappa shape index (κ2) is 94.4. The molecule has 0 aromatic heterocycles. The van der Waals surface area contributed by atoms with Gasteiger partial charge in [0.1, 0.15) is 0 Å². The zero-order chi connectivity index (χ0) is 0. The molecular weight excluding hydrogens is 109 g/mol. The molecule has 0 aromatic rings. The first-order valence-corrected chi connectivity index (χ1v) is 0. The minimum Gasteiger partial charge on any atom is 0 e. The molecule has 5 heavy (non-hydrogen) atoms. The maximum absolute atomic E-state index is 0. The minimum atomic E-state index is 0. The fourth-order valence-electron chi connectivity index (χ4n) is 0. The van der Waals surface area contributed by atoms with Gasteiger partial charge in [0.15, 0.2) is 0 Å². The van der Waals surface area contributed by atoms with Crippen LogP contribution < -0.4 is 0 Å². The monoisotopic (exact) mass is 108 g/mol. The summed E-state index contributed by atoms with van der Waals surface area (Å²) in [5.74, 6) is 0. The van der Waals surface area contributed by atoms with Crippen LogP contribution >= 0.6 is 0 Å². The van der Waals surface area contributed by atoms with Crippen LogP contribution in [0.15, 0.2) is 0 Å². The summed E-state index contributed by atoms with van der Waals surface area (Å²) >= 11 is 0. The molecular formula is B4Zn. The van der Waals surface area contributed by atoms with Gasteiger partial charge in [-0.05, 0) is 0 Å². The Kier molecular flexibility index (Phi) is 3400. The van der Waals surface area contributed by atoms with Crippen molar-refractivity contribution < 1.29 is 19.5 Å². The third-order valence-corrected chi connectivity index (χ3v) is 0. The van der Waals surface area contributed by atoms with E-state index in [9.17, 15) is 0 Å². The van der Waals surface area contributed by atoms with Gasteiger partial charge in [-0.3, -0.25) is 0 Å². The van der Waals surface area contributed by atoms with Crippen LogP contribution in [0.2, 0.25) is 0 Å². The first-order valence-electron chi connectivity index (χ1n) is 0. The Labute approximate surface area is 53.5 Å².